The van der Waals surface area contributed by atoms with E-state index in [9.17, 15) is 9.59 Å². The molecular formula is C14H16NO4S. The standard InChI is InChI=1S/C14H16NO4S/c16-7-2-8-19-12-4-1-3-11(13(12)20)14(17)15-5-9-18-10-6-15/h1,3-4,11H,2,5-6,8-10H2/t11-/m0/s1. The van der Waals surface area contributed by atoms with Crippen molar-refractivity contribution in [2.75, 3.05) is 32.9 Å². The largest absolute Gasteiger partial charge is 0.492 e. The van der Waals surface area contributed by atoms with E-state index in [2.05, 4.69) is 0 Å². The van der Waals surface area contributed by atoms with Gasteiger partial charge in [-0.1, -0.05) is 24.4 Å². The molecule has 1 saturated heterocycles. The molecule has 0 spiro atoms. The molecule has 0 unspecified atom stereocenters. The lowest BCUT2D eigenvalue weighted by Crippen LogP contribution is -2.45. The van der Waals surface area contributed by atoms with Crippen LogP contribution in [0.15, 0.2) is 24.0 Å². The summed E-state index contributed by atoms with van der Waals surface area (Å²) in [4.78, 5) is 24.8. The molecule has 1 aliphatic carbocycles. The van der Waals surface area contributed by atoms with Gasteiger partial charge in [0.1, 0.15) is 5.76 Å². The Morgan fingerprint density at radius 1 is 1.50 bits per heavy atom. The Morgan fingerprint density at radius 3 is 2.95 bits per heavy atom. The number of ether oxygens (including phenoxy) is 2. The van der Waals surface area contributed by atoms with Crippen molar-refractivity contribution in [3.8, 4) is 0 Å². The molecule has 6 heteroatoms. The van der Waals surface area contributed by atoms with Gasteiger partial charge in [-0.15, -0.1) is 0 Å². The van der Waals surface area contributed by atoms with Gasteiger partial charge in [0.05, 0.1) is 30.6 Å². The van der Waals surface area contributed by atoms with Crippen LogP contribution in [0, 0.1) is 5.92 Å². The van der Waals surface area contributed by atoms with Gasteiger partial charge in [-0.2, -0.15) is 0 Å². The monoisotopic (exact) mass is 294 g/mol. The van der Waals surface area contributed by atoms with Crippen LogP contribution in [-0.2, 0) is 19.1 Å². The second-order valence-corrected chi connectivity index (χ2v) is 4.88. The van der Waals surface area contributed by atoms with Gasteiger partial charge in [-0.3, -0.25) is 9.59 Å². The summed E-state index contributed by atoms with van der Waals surface area (Å²) >= 11 is 5.32. The molecule has 1 amide bonds. The number of hydrogen-bond acceptors (Lipinski definition) is 5. The molecule has 1 atom stereocenters. The van der Waals surface area contributed by atoms with Crippen LogP contribution in [0.25, 0.3) is 0 Å². The van der Waals surface area contributed by atoms with E-state index in [0.717, 1.165) is 0 Å². The number of morpholine rings is 1. The smallest absolute Gasteiger partial charge is 0.235 e. The molecule has 0 aromatic carbocycles. The first kappa shape index (κ1) is 14.9. The summed E-state index contributed by atoms with van der Waals surface area (Å²) in [7, 11) is 0. The first-order valence-corrected chi connectivity index (χ1v) is 6.92. The Kier molecular flexibility index (Phi) is 5.43. The minimum atomic E-state index is -0.469. The molecule has 0 saturated carbocycles. The highest BCUT2D eigenvalue weighted by atomic mass is 32.1. The fraction of sp³-hybridized carbons (Fsp3) is 0.500. The van der Waals surface area contributed by atoms with Crippen molar-refractivity contribution in [3.63, 3.8) is 0 Å². The summed E-state index contributed by atoms with van der Waals surface area (Å²) < 4.78 is 10.6. The van der Waals surface area contributed by atoms with Gasteiger partial charge >= 0.3 is 0 Å². The fourth-order valence-electron chi connectivity index (χ4n) is 2.07. The van der Waals surface area contributed by atoms with Crippen LogP contribution in [0.2, 0.25) is 0 Å². The van der Waals surface area contributed by atoms with E-state index in [0.29, 0.717) is 36.9 Å². The maximum absolute atomic E-state index is 12.4. The minimum absolute atomic E-state index is 0.0225. The molecule has 107 valence electrons. The van der Waals surface area contributed by atoms with Crippen LogP contribution in [0.5, 0.6) is 0 Å². The van der Waals surface area contributed by atoms with Gasteiger partial charge in [0.15, 0.2) is 0 Å². The van der Waals surface area contributed by atoms with E-state index in [4.69, 9.17) is 21.7 Å². The van der Waals surface area contributed by atoms with Crippen molar-refractivity contribution in [1.82, 2.24) is 4.90 Å². The maximum atomic E-state index is 12.4. The molecule has 1 heterocycles. The molecule has 5 nitrogen and oxygen atoms in total. The number of amides is 1. The van der Waals surface area contributed by atoms with E-state index in [1.807, 2.05) is 0 Å². The van der Waals surface area contributed by atoms with Crippen molar-refractivity contribution in [1.29, 1.82) is 0 Å². The lowest BCUT2D eigenvalue weighted by molar-refractivity contribution is -0.136. The maximum Gasteiger partial charge on any atom is 0.235 e. The molecule has 1 fully saturated rings. The van der Waals surface area contributed by atoms with Crippen LogP contribution >= 0.6 is 12.2 Å². The Bertz CT molecular complexity index is 452. The van der Waals surface area contributed by atoms with Gasteiger partial charge in [0.25, 0.3) is 0 Å². The molecule has 0 bridgehead atoms. The Balaban J connectivity index is 1.97. The van der Waals surface area contributed by atoms with Crippen molar-refractivity contribution in [2.45, 2.75) is 6.42 Å². The van der Waals surface area contributed by atoms with E-state index < -0.39 is 5.92 Å². The average molecular weight is 294 g/mol. The SMILES string of the molecule is O=[C]CCOC1=CC=C[C@H](C(=O)N2CCOCC2)C1=S. The zero-order valence-corrected chi connectivity index (χ0v) is 11.9. The van der Waals surface area contributed by atoms with Gasteiger partial charge in [0, 0.05) is 19.5 Å². The zero-order chi connectivity index (χ0) is 14.4. The highest BCUT2D eigenvalue weighted by Gasteiger charge is 2.30. The summed E-state index contributed by atoms with van der Waals surface area (Å²) in [6.07, 6.45) is 7.20. The highest BCUT2D eigenvalue weighted by molar-refractivity contribution is 7.81. The van der Waals surface area contributed by atoms with Crippen LogP contribution in [-0.4, -0.2) is 54.9 Å². The van der Waals surface area contributed by atoms with Crippen LogP contribution in [0.1, 0.15) is 6.42 Å². The molecule has 0 aromatic heterocycles. The molecule has 0 aromatic rings. The van der Waals surface area contributed by atoms with E-state index in [-0.39, 0.29) is 18.9 Å². The molecule has 2 aliphatic rings. The second-order valence-electron chi connectivity index (χ2n) is 4.44. The Hall–Kier alpha value is -1.53. The lowest BCUT2D eigenvalue weighted by Gasteiger charge is -2.30. The quantitative estimate of drug-likeness (QED) is 0.554. The number of nitrogens with zero attached hydrogens (tertiary/aromatic N) is 1. The summed E-state index contributed by atoms with van der Waals surface area (Å²) in [5.74, 6) is -0.00151. The van der Waals surface area contributed by atoms with Crippen molar-refractivity contribution < 1.29 is 19.1 Å². The summed E-state index contributed by atoms with van der Waals surface area (Å²) in [5, 5.41) is 0. The molecule has 1 aliphatic heterocycles. The number of thiocarbonyl (C=S) groups is 1. The summed E-state index contributed by atoms with van der Waals surface area (Å²) in [6.45, 7) is 2.52. The number of carbonyl (C=O) groups is 1. The predicted molar refractivity (Wildman–Crippen MR) is 77.0 cm³/mol. The van der Waals surface area contributed by atoms with Crippen LogP contribution in [0.4, 0.5) is 0 Å². The third-order valence-corrected chi connectivity index (χ3v) is 3.58. The zero-order valence-electron chi connectivity index (χ0n) is 11.0. The van der Waals surface area contributed by atoms with Gasteiger partial charge in [0.2, 0.25) is 12.2 Å². The van der Waals surface area contributed by atoms with Gasteiger partial charge < -0.3 is 14.4 Å². The van der Waals surface area contributed by atoms with Crippen LogP contribution < -0.4 is 0 Å². The third-order valence-electron chi connectivity index (χ3n) is 3.13. The second kappa shape index (κ2) is 7.31. The molecule has 1 radical (unpaired) electrons. The van der Waals surface area contributed by atoms with Crippen molar-refractivity contribution >= 4 is 29.3 Å². The number of hydrogen-bond donors (Lipinski definition) is 0. The lowest BCUT2D eigenvalue weighted by atomic mass is 9.97. The van der Waals surface area contributed by atoms with Crippen molar-refractivity contribution in [3.05, 3.63) is 24.0 Å². The molecular weight excluding hydrogens is 278 g/mol. The first-order valence-electron chi connectivity index (χ1n) is 6.51. The van der Waals surface area contributed by atoms with Gasteiger partial charge in [-0.05, 0) is 6.08 Å². The summed E-state index contributed by atoms with van der Waals surface area (Å²) in [5.41, 5.74) is 0. The highest BCUT2D eigenvalue weighted by Crippen LogP contribution is 2.20. The number of allylic oxidation sites excluding steroid dienone is 3. The molecule has 0 N–H and O–H groups in total. The van der Waals surface area contributed by atoms with Crippen molar-refractivity contribution in [2.24, 2.45) is 5.92 Å². The molecule has 20 heavy (non-hydrogen) atoms. The molecule has 2 rings (SSSR count). The van der Waals surface area contributed by atoms with E-state index in [1.54, 1.807) is 29.4 Å². The number of rotatable bonds is 5. The third kappa shape index (κ3) is 3.52. The van der Waals surface area contributed by atoms with E-state index in [1.165, 1.54) is 0 Å². The normalized spacial score (nSPS) is 22.4. The topological polar surface area (TPSA) is 55.8 Å². The average Bonchev–Trinajstić information content (AvgIpc) is 2.49. The number of carbonyl (C=O) groups excluding carboxylic acids is 2. The predicted octanol–water partition coefficient (Wildman–Crippen LogP) is 0.801. The fourth-order valence-corrected chi connectivity index (χ4v) is 2.38. The minimum Gasteiger partial charge on any atom is -0.492 e. The summed E-state index contributed by atoms with van der Waals surface area (Å²) in [6, 6.07) is 0. The van der Waals surface area contributed by atoms with E-state index >= 15 is 0 Å². The first-order chi connectivity index (χ1) is 9.74. The van der Waals surface area contributed by atoms with Gasteiger partial charge in [-0.25, -0.2) is 0 Å². The Morgan fingerprint density at radius 2 is 2.25 bits per heavy atom. The van der Waals surface area contributed by atoms with Crippen LogP contribution in [0.3, 0.4) is 0 Å². The Labute approximate surface area is 123 Å².